The second-order valence-corrected chi connectivity index (χ2v) is 5.79. The van der Waals surface area contributed by atoms with E-state index in [1.165, 1.54) is 30.9 Å². The van der Waals surface area contributed by atoms with Crippen molar-refractivity contribution in [2.24, 2.45) is 0 Å². The minimum absolute atomic E-state index is 0.0963. The fourth-order valence-corrected chi connectivity index (χ4v) is 2.58. The van der Waals surface area contributed by atoms with Crippen LogP contribution in [-0.2, 0) is 19.6 Å². The van der Waals surface area contributed by atoms with Gasteiger partial charge in [0.15, 0.2) is 0 Å². The van der Waals surface area contributed by atoms with Crippen molar-refractivity contribution in [2.75, 3.05) is 24.2 Å². The zero-order valence-corrected chi connectivity index (χ0v) is 11.2. The van der Waals surface area contributed by atoms with Crippen LogP contribution in [0, 0.1) is 0 Å². The Hall–Kier alpha value is -1.63. The Morgan fingerprint density at radius 3 is 2.56 bits per heavy atom. The number of nitrogens with zero attached hydrogens (tertiary/aromatic N) is 2. The number of pyridine rings is 1. The zero-order chi connectivity index (χ0) is 13.6. The standard InChI is InChI=1S/C11H16N2O4S/c1-13(10-5-7-12-8-6-10)18(15,16)9-3-4-11(14)17-2/h5-8H,3-4,9H2,1-2H3. The Bertz CT molecular complexity index is 487. The molecule has 0 spiro atoms. The predicted octanol–water partition coefficient (Wildman–Crippen LogP) is 0.801. The van der Waals surface area contributed by atoms with Crippen LogP contribution in [-0.4, -0.2) is 39.3 Å². The molecule has 0 unspecified atom stereocenters. The second-order valence-electron chi connectivity index (χ2n) is 3.67. The second kappa shape index (κ2) is 6.34. The summed E-state index contributed by atoms with van der Waals surface area (Å²) in [5, 5.41) is 0. The molecule has 0 bridgehead atoms. The van der Waals surface area contributed by atoms with Crippen molar-refractivity contribution in [3.63, 3.8) is 0 Å². The minimum Gasteiger partial charge on any atom is -0.469 e. The molecule has 6 nitrogen and oxygen atoms in total. The maximum absolute atomic E-state index is 12.0. The molecule has 0 aliphatic rings. The molecule has 1 rings (SSSR count). The lowest BCUT2D eigenvalue weighted by molar-refractivity contribution is -0.140. The summed E-state index contributed by atoms with van der Waals surface area (Å²) in [5.41, 5.74) is 0.545. The third kappa shape index (κ3) is 3.99. The van der Waals surface area contributed by atoms with E-state index in [9.17, 15) is 13.2 Å². The average molecular weight is 272 g/mol. The molecule has 0 N–H and O–H groups in total. The number of hydrogen-bond donors (Lipinski definition) is 0. The van der Waals surface area contributed by atoms with Gasteiger partial charge in [0.1, 0.15) is 0 Å². The van der Waals surface area contributed by atoms with Crippen LogP contribution >= 0.6 is 0 Å². The van der Waals surface area contributed by atoms with Crippen molar-refractivity contribution < 1.29 is 17.9 Å². The molecule has 1 heterocycles. The summed E-state index contributed by atoms with van der Waals surface area (Å²) in [6.45, 7) is 0. The van der Waals surface area contributed by atoms with Gasteiger partial charge in [0, 0.05) is 25.9 Å². The van der Waals surface area contributed by atoms with Crippen LogP contribution in [0.2, 0.25) is 0 Å². The Labute approximate surface area is 107 Å². The van der Waals surface area contributed by atoms with Crippen LogP contribution in [0.3, 0.4) is 0 Å². The van der Waals surface area contributed by atoms with Gasteiger partial charge in [-0.25, -0.2) is 8.42 Å². The Morgan fingerprint density at radius 1 is 1.39 bits per heavy atom. The maximum atomic E-state index is 12.0. The van der Waals surface area contributed by atoms with Crippen LogP contribution in [0.1, 0.15) is 12.8 Å². The van der Waals surface area contributed by atoms with Gasteiger partial charge in [0.2, 0.25) is 10.0 Å². The number of aromatic nitrogens is 1. The lowest BCUT2D eigenvalue weighted by atomic mass is 10.3. The van der Waals surface area contributed by atoms with Gasteiger partial charge in [-0.15, -0.1) is 0 Å². The van der Waals surface area contributed by atoms with Crippen molar-refractivity contribution in [2.45, 2.75) is 12.8 Å². The smallest absolute Gasteiger partial charge is 0.305 e. The van der Waals surface area contributed by atoms with Crippen LogP contribution < -0.4 is 4.31 Å². The van der Waals surface area contributed by atoms with Crippen molar-refractivity contribution in [1.29, 1.82) is 0 Å². The van der Waals surface area contributed by atoms with E-state index in [0.717, 1.165) is 0 Å². The summed E-state index contributed by atoms with van der Waals surface area (Å²) in [7, 11) is -0.667. The molecule has 1 aromatic rings. The fraction of sp³-hybridized carbons (Fsp3) is 0.455. The minimum atomic E-state index is -3.42. The van der Waals surface area contributed by atoms with Crippen LogP contribution in [0.25, 0.3) is 0 Å². The van der Waals surface area contributed by atoms with Gasteiger partial charge in [0.25, 0.3) is 0 Å². The fourth-order valence-electron chi connectivity index (χ4n) is 1.35. The van der Waals surface area contributed by atoms with Gasteiger partial charge >= 0.3 is 5.97 Å². The number of hydrogen-bond acceptors (Lipinski definition) is 5. The SMILES string of the molecule is COC(=O)CCCS(=O)(=O)N(C)c1ccncc1. The Kier molecular flexibility index (Phi) is 5.08. The molecule has 0 saturated heterocycles. The number of esters is 1. The molecule has 7 heteroatoms. The summed E-state index contributed by atoms with van der Waals surface area (Å²) < 4.78 is 29.5. The van der Waals surface area contributed by atoms with E-state index in [1.54, 1.807) is 12.1 Å². The first-order chi connectivity index (χ1) is 8.47. The number of carbonyl (C=O) groups is 1. The number of methoxy groups -OCH3 is 1. The van der Waals surface area contributed by atoms with E-state index in [2.05, 4.69) is 9.72 Å². The van der Waals surface area contributed by atoms with E-state index < -0.39 is 16.0 Å². The largest absolute Gasteiger partial charge is 0.469 e. The molecular weight excluding hydrogens is 256 g/mol. The van der Waals surface area contributed by atoms with Crippen molar-refractivity contribution >= 4 is 21.7 Å². The summed E-state index contributed by atoms with van der Waals surface area (Å²) >= 11 is 0. The summed E-state index contributed by atoms with van der Waals surface area (Å²) in [6.07, 6.45) is 3.38. The highest BCUT2D eigenvalue weighted by Crippen LogP contribution is 2.15. The number of rotatable bonds is 6. The summed E-state index contributed by atoms with van der Waals surface area (Å²) in [5.74, 6) is -0.502. The number of ether oxygens (including phenoxy) is 1. The van der Waals surface area contributed by atoms with Crippen LogP contribution in [0.4, 0.5) is 5.69 Å². The first-order valence-corrected chi connectivity index (χ1v) is 7.02. The Balaban J connectivity index is 2.61. The zero-order valence-electron chi connectivity index (χ0n) is 10.4. The summed E-state index contributed by atoms with van der Waals surface area (Å²) in [4.78, 5) is 14.7. The molecule has 0 aliphatic carbocycles. The number of sulfonamides is 1. The quantitative estimate of drug-likeness (QED) is 0.716. The highest BCUT2D eigenvalue weighted by Gasteiger charge is 2.18. The monoisotopic (exact) mass is 272 g/mol. The maximum Gasteiger partial charge on any atom is 0.305 e. The molecule has 0 amide bonds. The number of anilines is 1. The van der Waals surface area contributed by atoms with Crippen LogP contribution in [0.15, 0.2) is 24.5 Å². The van der Waals surface area contributed by atoms with Crippen molar-refractivity contribution in [1.82, 2.24) is 4.98 Å². The third-order valence-corrected chi connectivity index (χ3v) is 4.30. The molecule has 0 atom stereocenters. The van der Waals surface area contributed by atoms with Gasteiger partial charge in [0.05, 0.1) is 18.6 Å². The van der Waals surface area contributed by atoms with E-state index in [0.29, 0.717) is 5.69 Å². The molecule has 0 aromatic carbocycles. The Morgan fingerprint density at radius 2 is 2.00 bits per heavy atom. The van der Waals surface area contributed by atoms with Crippen LogP contribution in [0.5, 0.6) is 0 Å². The number of carbonyl (C=O) groups excluding carboxylic acids is 1. The predicted molar refractivity (Wildman–Crippen MR) is 67.7 cm³/mol. The van der Waals surface area contributed by atoms with E-state index in [1.807, 2.05) is 0 Å². The highest BCUT2D eigenvalue weighted by molar-refractivity contribution is 7.92. The lowest BCUT2D eigenvalue weighted by Crippen LogP contribution is -2.29. The molecule has 1 aromatic heterocycles. The molecule has 100 valence electrons. The normalized spacial score (nSPS) is 11.0. The molecule has 0 radical (unpaired) electrons. The van der Waals surface area contributed by atoms with E-state index >= 15 is 0 Å². The van der Waals surface area contributed by atoms with Crippen molar-refractivity contribution in [3.8, 4) is 0 Å². The molecule has 0 aliphatic heterocycles. The highest BCUT2D eigenvalue weighted by atomic mass is 32.2. The topological polar surface area (TPSA) is 76.6 Å². The van der Waals surface area contributed by atoms with Gasteiger partial charge in [-0.2, -0.15) is 0 Å². The molecule has 0 saturated carbocycles. The van der Waals surface area contributed by atoms with E-state index in [4.69, 9.17) is 0 Å². The summed E-state index contributed by atoms with van der Waals surface area (Å²) in [6, 6.07) is 3.22. The lowest BCUT2D eigenvalue weighted by Gasteiger charge is -2.18. The molecule has 18 heavy (non-hydrogen) atoms. The first-order valence-electron chi connectivity index (χ1n) is 5.41. The van der Waals surface area contributed by atoms with Gasteiger partial charge in [-0.05, 0) is 18.6 Å². The van der Waals surface area contributed by atoms with Gasteiger partial charge in [-0.1, -0.05) is 0 Å². The average Bonchev–Trinajstić information content (AvgIpc) is 2.38. The van der Waals surface area contributed by atoms with E-state index in [-0.39, 0.29) is 18.6 Å². The van der Waals surface area contributed by atoms with Crippen molar-refractivity contribution in [3.05, 3.63) is 24.5 Å². The third-order valence-electron chi connectivity index (χ3n) is 2.45. The molecular formula is C11H16N2O4S. The van der Waals surface area contributed by atoms with Gasteiger partial charge in [-0.3, -0.25) is 14.1 Å². The van der Waals surface area contributed by atoms with Gasteiger partial charge < -0.3 is 4.74 Å². The first kappa shape index (κ1) is 14.4. The molecule has 0 fully saturated rings.